The fourth-order valence-electron chi connectivity index (χ4n) is 1.88. The van der Waals surface area contributed by atoms with Crippen LogP contribution in [0.5, 0.6) is 0 Å². The maximum absolute atomic E-state index is 10.6. The smallest absolute Gasteiger partial charge is 0.303 e. The molecule has 21 heavy (non-hydrogen) atoms. The van der Waals surface area contributed by atoms with Crippen LogP contribution in [0, 0.1) is 16.0 Å². The molecule has 0 aliphatic heterocycles. The highest BCUT2D eigenvalue weighted by atomic mass is 35.5. The second-order valence-corrected chi connectivity index (χ2v) is 5.44. The van der Waals surface area contributed by atoms with E-state index in [1.807, 2.05) is 6.92 Å². The number of non-ortho nitro benzene ring substituents is 1. The van der Waals surface area contributed by atoms with Crippen LogP contribution in [-0.2, 0) is 11.3 Å². The number of halogens is 1. The van der Waals surface area contributed by atoms with Crippen LogP contribution in [0.3, 0.4) is 0 Å². The molecule has 0 saturated carbocycles. The molecule has 0 heterocycles. The average Bonchev–Trinajstić information content (AvgIpc) is 2.42. The minimum absolute atomic E-state index is 0.0222. The SMILES string of the molecule is CC(CCNCc1ccc([N+](=O)[O-])cc1Cl)CCC(=O)O. The number of carboxylic acid groups (broad SMARTS) is 1. The topological polar surface area (TPSA) is 92.5 Å². The Bertz CT molecular complexity index is 508. The molecule has 116 valence electrons. The predicted octanol–water partition coefficient (Wildman–Crippen LogP) is 3.23. The van der Waals surface area contributed by atoms with Gasteiger partial charge in [0.2, 0.25) is 0 Å². The first-order chi connectivity index (χ1) is 9.90. The van der Waals surface area contributed by atoms with Gasteiger partial charge in [0.15, 0.2) is 0 Å². The van der Waals surface area contributed by atoms with Crippen LogP contribution >= 0.6 is 11.6 Å². The largest absolute Gasteiger partial charge is 0.481 e. The molecule has 0 bridgehead atoms. The Morgan fingerprint density at radius 2 is 2.19 bits per heavy atom. The zero-order valence-electron chi connectivity index (χ0n) is 11.8. The third kappa shape index (κ3) is 6.55. The molecule has 1 unspecified atom stereocenters. The number of carboxylic acids is 1. The number of benzene rings is 1. The summed E-state index contributed by atoms with van der Waals surface area (Å²) >= 11 is 5.99. The lowest BCUT2D eigenvalue weighted by Gasteiger charge is -2.11. The summed E-state index contributed by atoms with van der Waals surface area (Å²) in [6.07, 6.45) is 1.72. The molecule has 0 spiro atoms. The van der Waals surface area contributed by atoms with Crippen molar-refractivity contribution in [2.24, 2.45) is 5.92 Å². The van der Waals surface area contributed by atoms with Crippen LogP contribution in [-0.4, -0.2) is 22.5 Å². The summed E-state index contributed by atoms with van der Waals surface area (Å²) in [6.45, 7) is 3.29. The van der Waals surface area contributed by atoms with E-state index in [1.54, 1.807) is 6.07 Å². The van der Waals surface area contributed by atoms with Crippen LogP contribution in [0.2, 0.25) is 5.02 Å². The quantitative estimate of drug-likeness (QED) is 0.415. The molecule has 1 atom stereocenters. The lowest BCUT2D eigenvalue weighted by molar-refractivity contribution is -0.384. The Balaban J connectivity index is 2.33. The third-order valence-electron chi connectivity index (χ3n) is 3.23. The van der Waals surface area contributed by atoms with E-state index in [0.717, 1.165) is 18.5 Å². The van der Waals surface area contributed by atoms with E-state index in [9.17, 15) is 14.9 Å². The van der Waals surface area contributed by atoms with Crippen molar-refractivity contribution in [2.75, 3.05) is 6.54 Å². The summed E-state index contributed by atoms with van der Waals surface area (Å²) in [5.74, 6) is -0.437. The summed E-state index contributed by atoms with van der Waals surface area (Å²) in [6, 6.07) is 4.41. The lowest BCUT2D eigenvalue weighted by atomic mass is 10.0. The van der Waals surface area contributed by atoms with Gasteiger partial charge in [0.05, 0.1) is 9.95 Å². The Labute approximate surface area is 128 Å². The van der Waals surface area contributed by atoms with Crippen LogP contribution in [0.15, 0.2) is 18.2 Å². The normalized spacial score (nSPS) is 12.1. The second-order valence-electron chi connectivity index (χ2n) is 5.04. The zero-order valence-corrected chi connectivity index (χ0v) is 12.6. The standard InChI is InChI=1S/C14H19ClN2O4/c1-10(2-5-14(18)19)6-7-16-9-11-3-4-12(17(20)21)8-13(11)15/h3-4,8,10,16H,2,5-7,9H2,1H3,(H,18,19). The van der Waals surface area contributed by atoms with Crippen LogP contribution in [0.4, 0.5) is 5.69 Å². The number of nitro benzene ring substituents is 1. The van der Waals surface area contributed by atoms with Gasteiger partial charge in [-0.2, -0.15) is 0 Å². The number of nitro groups is 1. The van der Waals surface area contributed by atoms with Crippen LogP contribution in [0.25, 0.3) is 0 Å². The molecule has 0 saturated heterocycles. The van der Waals surface area contributed by atoms with E-state index in [4.69, 9.17) is 16.7 Å². The third-order valence-corrected chi connectivity index (χ3v) is 3.58. The molecule has 0 aliphatic rings. The van der Waals surface area contributed by atoms with E-state index in [1.165, 1.54) is 12.1 Å². The maximum Gasteiger partial charge on any atom is 0.303 e. The Morgan fingerprint density at radius 3 is 2.76 bits per heavy atom. The first kappa shape index (κ1) is 17.4. The van der Waals surface area contributed by atoms with Crippen molar-refractivity contribution < 1.29 is 14.8 Å². The number of rotatable bonds is 9. The lowest BCUT2D eigenvalue weighted by Crippen LogP contribution is -2.17. The fraction of sp³-hybridized carbons (Fsp3) is 0.500. The zero-order chi connectivity index (χ0) is 15.8. The maximum atomic E-state index is 10.6. The van der Waals surface area contributed by atoms with Gasteiger partial charge in [-0.25, -0.2) is 0 Å². The summed E-state index contributed by atoms with van der Waals surface area (Å²) in [7, 11) is 0. The Kier molecular flexibility index (Phi) is 7.11. The Morgan fingerprint density at radius 1 is 1.48 bits per heavy atom. The van der Waals surface area contributed by atoms with Gasteiger partial charge >= 0.3 is 5.97 Å². The number of aliphatic carboxylic acids is 1. The molecular weight excluding hydrogens is 296 g/mol. The summed E-state index contributed by atoms with van der Waals surface area (Å²) in [5.41, 5.74) is 0.784. The van der Waals surface area contributed by atoms with Crippen molar-refractivity contribution in [3.63, 3.8) is 0 Å². The first-order valence-electron chi connectivity index (χ1n) is 6.75. The van der Waals surface area contributed by atoms with Crippen molar-refractivity contribution in [3.05, 3.63) is 38.9 Å². The van der Waals surface area contributed by atoms with Gasteiger partial charge in [0, 0.05) is 25.1 Å². The summed E-state index contributed by atoms with van der Waals surface area (Å²) in [5, 5.41) is 22.8. The van der Waals surface area contributed by atoms with Crippen molar-refractivity contribution in [1.29, 1.82) is 0 Å². The van der Waals surface area contributed by atoms with Gasteiger partial charge in [-0.15, -0.1) is 0 Å². The number of nitrogens with zero attached hydrogens (tertiary/aromatic N) is 1. The highest BCUT2D eigenvalue weighted by molar-refractivity contribution is 6.31. The molecule has 1 aromatic carbocycles. The highest BCUT2D eigenvalue weighted by Crippen LogP contribution is 2.22. The molecule has 0 radical (unpaired) electrons. The predicted molar refractivity (Wildman–Crippen MR) is 80.5 cm³/mol. The summed E-state index contributed by atoms with van der Waals surface area (Å²) < 4.78 is 0. The van der Waals surface area contributed by atoms with Crippen LogP contribution < -0.4 is 5.32 Å². The van der Waals surface area contributed by atoms with Crippen LogP contribution in [0.1, 0.15) is 31.7 Å². The van der Waals surface area contributed by atoms with Gasteiger partial charge < -0.3 is 10.4 Å². The molecule has 2 N–H and O–H groups in total. The molecule has 1 aromatic rings. The van der Waals surface area contributed by atoms with Gasteiger partial charge in [0.25, 0.3) is 5.69 Å². The van der Waals surface area contributed by atoms with E-state index < -0.39 is 10.9 Å². The van der Waals surface area contributed by atoms with E-state index in [0.29, 0.717) is 23.9 Å². The van der Waals surface area contributed by atoms with Crippen molar-refractivity contribution in [2.45, 2.75) is 32.7 Å². The van der Waals surface area contributed by atoms with E-state index in [-0.39, 0.29) is 12.1 Å². The van der Waals surface area contributed by atoms with E-state index in [2.05, 4.69) is 5.32 Å². The minimum Gasteiger partial charge on any atom is -0.481 e. The van der Waals surface area contributed by atoms with E-state index >= 15 is 0 Å². The number of nitrogens with one attached hydrogen (secondary N) is 1. The molecule has 0 aliphatic carbocycles. The highest BCUT2D eigenvalue weighted by Gasteiger charge is 2.09. The van der Waals surface area contributed by atoms with Gasteiger partial charge in [0.1, 0.15) is 0 Å². The van der Waals surface area contributed by atoms with Crippen molar-refractivity contribution >= 4 is 23.3 Å². The molecule has 6 nitrogen and oxygen atoms in total. The van der Waals surface area contributed by atoms with Gasteiger partial charge in [-0.3, -0.25) is 14.9 Å². The first-order valence-corrected chi connectivity index (χ1v) is 7.13. The number of hydrogen-bond donors (Lipinski definition) is 2. The number of hydrogen-bond acceptors (Lipinski definition) is 4. The molecule has 1 rings (SSSR count). The van der Waals surface area contributed by atoms with Gasteiger partial charge in [-0.05, 0) is 36.9 Å². The number of carbonyl (C=O) groups is 1. The Hall–Kier alpha value is -1.66. The monoisotopic (exact) mass is 314 g/mol. The molecular formula is C14H19ClN2O4. The fourth-order valence-corrected chi connectivity index (χ4v) is 2.12. The molecule has 0 amide bonds. The molecule has 0 aromatic heterocycles. The molecule has 7 heteroatoms. The molecule has 0 fully saturated rings. The minimum atomic E-state index is -0.771. The van der Waals surface area contributed by atoms with Crippen molar-refractivity contribution in [3.8, 4) is 0 Å². The average molecular weight is 315 g/mol. The summed E-state index contributed by atoms with van der Waals surface area (Å²) in [4.78, 5) is 20.6. The van der Waals surface area contributed by atoms with Crippen molar-refractivity contribution in [1.82, 2.24) is 5.32 Å². The van der Waals surface area contributed by atoms with Gasteiger partial charge in [-0.1, -0.05) is 18.5 Å². The second kappa shape index (κ2) is 8.59.